The Morgan fingerprint density at radius 3 is 1.23 bits per heavy atom. The van der Waals surface area contributed by atoms with Gasteiger partial charge < -0.3 is 76.0 Å². The number of thioether (sulfide) groups is 2. The molecule has 0 aromatic heterocycles. The lowest BCUT2D eigenvalue weighted by atomic mass is 9.84. The van der Waals surface area contributed by atoms with Crippen LogP contribution in [0.4, 0.5) is 21.0 Å². The van der Waals surface area contributed by atoms with Gasteiger partial charge in [-0.25, -0.2) is 19.2 Å². The Hall–Kier alpha value is -7.54. The van der Waals surface area contributed by atoms with E-state index in [1.807, 2.05) is 102 Å². The number of hydrogen-bond donors (Lipinski definition) is 8. The minimum atomic E-state index is -1.13. The maximum absolute atomic E-state index is 14.0. The molecule has 108 heavy (non-hydrogen) atoms. The van der Waals surface area contributed by atoms with E-state index in [1.54, 1.807) is 23.6 Å². The number of benzene rings is 3. The van der Waals surface area contributed by atoms with E-state index < -0.39 is 23.0 Å². The number of urea groups is 2. The molecule has 604 valence electrons. The molecule has 6 atom stereocenters. The summed E-state index contributed by atoms with van der Waals surface area (Å²) >= 11 is 3.76. The second kappa shape index (κ2) is 46.8. The molecule has 8 N–H and O–H groups in total. The third kappa shape index (κ3) is 27.2. The number of anilines is 2. The van der Waals surface area contributed by atoms with Gasteiger partial charge in [0, 0.05) is 137 Å². The van der Waals surface area contributed by atoms with Gasteiger partial charge in [0.2, 0.25) is 35.4 Å². The summed E-state index contributed by atoms with van der Waals surface area (Å²) in [5.41, 5.74) is 0.397. The van der Waals surface area contributed by atoms with Crippen LogP contribution >= 0.6 is 23.5 Å². The molecule has 10 amide bonds. The molecule has 0 bridgehead atoms. The quantitative estimate of drug-likeness (QED) is 0.0152. The van der Waals surface area contributed by atoms with Crippen LogP contribution in [0.5, 0.6) is 0 Å². The number of hydrogen-bond acceptors (Lipinski definition) is 19. The van der Waals surface area contributed by atoms with E-state index in [-0.39, 0.29) is 116 Å². The zero-order chi connectivity index (χ0) is 76.8. The van der Waals surface area contributed by atoms with Gasteiger partial charge in [0.1, 0.15) is 11.1 Å². The number of carbonyl (C=O) groups is 10. The molecule has 6 fully saturated rings. The maximum Gasteiger partial charge on any atom is 0.332 e. The van der Waals surface area contributed by atoms with Gasteiger partial charge in [0.05, 0.1) is 77.0 Å². The standard InChI is InChI=1S/C45H66N6O9S.C34H52N6O6S.4H2/c1-2-41(54)51(36-14-7-4-8-15-36)45(20-25-50(26-21-45)24-19-35-12-5-3-6-13-35)43(55)60-27-11-18-40(53)47-23-29-58-31-33-59-32-30-57-28-22-46-39(52)17-10-9-16-38-42-37(34-61-38)48-44(56)49-42;1-3-20-39-21-16-34(17-22-39,40(30(43)4-2)25-11-6-5-7-12-25)32(44)46-23-10-15-29(42)36-19-18-35-28(41)14-9-8-13-27-31-26(24-47-27)37-33(45)38-31;;;;/h3-8,12-15,37-38,42H,2,9-11,16-34H2,1H3,(H,46,52)(H,47,53)(H2,48,49,56);5-7,11-12,26-27,31H,3-4,8-10,13-24H2,1-2H3,(H,35,41)(H,36,42)(H2,37,38,45);4*1H/t37-,38-,42-;26-,27-,31-;;;;/m00..../s1. The Labute approximate surface area is 652 Å². The maximum atomic E-state index is 14.0. The van der Waals surface area contributed by atoms with Crippen LogP contribution in [-0.2, 0) is 68.5 Å². The predicted molar refractivity (Wildman–Crippen MR) is 427 cm³/mol. The minimum Gasteiger partial charge on any atom is -0.464 e. The second-order valence-corrected chi connectivity index (χ2v) is 30.8. The molecular weight excluding hydrogens is 1420 g/mol. The topological polar surface area (TPSA) is 326 Å². The van der Waals surface area contributed by atoms with Crippen LogP contribution in [0.2, 0.25) is 0 Å². The third-order valence-electron chi connectivity index (χ3n) is 20.6. The van der Waals surface area contributed by atoms with Crippen molar-refractivity contribution in [1.29, 1.82) is 0 Å². The SMILES string of the molecule is CCC(=O)N(c1ccccc1)C1(C(=O)OCCCC(=O)NCCOCCOCCOCCNC(=O)CCCC[C@@H]2SC[C@@H]3NC(=O)N[C@@H]32)CCN(CCc2ccccc2)CC1.CCCN1CCC(C(=O)OCCCC(=O)NCCNC(=O)CCCC[C@@H]2SC[C@@H]3NC(=O)N[C@@H]32)(N(C(=O)CC)c2ccccc2)CC1.[HH].[HH].[HH].[HH]. The molecule has 27 nitrogen and oxygen atoms in total. The van der Waals surface area contributed by atoms with E-state index in [0.717, 1.165) is 76.0 Å². The van der Waals surface area contributed by atoms with Crippen molar-refractivity contribution in [2.45, 2.75) is 195 Å². The number of fused-ring (bicyclic) bond motifs is 2. The van der Waals surface area contributed by atoms with Gasteiger partial charge in [0.15, 0.2) is 0 Å². The van der Waals surface area contributed by atoms with Crippen molar-refractivity contribution in [3.05, 3.63) is 96.6 Å². The zero-order valence-corrected chi connectivity index (χ0v) is 65.3. The Balaban J connectivity index is 0.000000470. The molecule has 29 heteroatoms. The van der Waals surface area contributed by atoms with Gasteiger partial charge in [-0.1, -0.05) is 100 Å². The highest BCUT2D eigenvalue weighted by molar-refractivity contribution is 8.00. The van der Waals surface area contributed by atoms with Gasteiger partial charge in [-0.05, 0) is 113 Å². The largest absolute Gasteiger partial charge is 0.464 e. The molecule has 6 aliphatic rings. The number of rotatable bonds is 46. The molecular formula is C79H126N12O15S2. The van der Waals surface area contributed by atoms with Crippen molar-refractivity contribution >= 4 is 94.3 Å². The van der Waals surface area contributed by atoms with Crippen LogP contribution in [0.15, 0.2) is 91.0 Å². The fraction of sp³-hybridized carbons (Fsp3) is 0.646. The molecule has 0 saturated carbocycles. The Morgan fingerprint density at radius 2 is 0.833 bits per heavy atom. The summed E-state index contributed by atoms with van der Waals surface area (Å²) in [6, 6.07) is 29.7. The lowest BCUT2D eigenvalue weighted by Crippen LogP contribution is -2.63. The van der Waals surface area contributed by atoms with Crippen LogP contribution < -0.4 is 52.3 Å². The normalized spacial score (nSPS) is 20.4. The molecule has 6 saturated heterocycles. The molecule has 0 aliphatic carbocycles. The molecule has 6 aliphatic heterocycles. The molecule has 0 unspecified atom stereocenters. The van der Waals surface area contributed by atoms with Crippen LogP contribution in [0.3, 0.4) is 0 Å². The van der Waals surface area contributed by atoms with Crippen molar-refractivity contribution < 1.29 is 77.3 Å². The Kier molecular flexibility index (Phi) is 37.3. The van der Waals surface area contributed by atoms with Gasteiger partial charge in [0.25, 0.3) is 0 Å². The van der Waals surface area contributed by atoms with Crippen LogP contribution in [0.1, 0.15) is 154 Å². The van der Waals surface area contributed by atoms with Crippen molar-refractivity contribution in [3.63, 3.8) is 0 Å². The number of esters is 2. The fourth-order valence-corrected chi connectivity index (χ4v) is 17.8. The summed E-state index contributed by atoms with van der Waals surface area (Å²) in [6.45, 7) is 14.2. The molecule has 9 rings (SSSR count). The first-order valence-electron chi connectivity index (χ1n) is 39.3. The number of nitrogens with one attached hydrogen (secondary N) is 8. The van der Waals surface area contributed by atoms with E-state index in [9.17, 15) is 47.9 Å². The number of likely N-dealkylation sites (tertiary alicyclic amines) is 2. The number of carbonyl (C=O) groups excluding carboxylic acids is 10. The lowest BCUT2D eigenvalue weighted by molar-refractivity contribution is -0.154. The molecule has 6 heterocycles. The van der Waals surface area contributed by atoms with E-state index in [4.69, 9.17) is 23.7 Å². The summed E-state index contributed by atoms with van der Waals surface area (Å²) in [4.78, 5) is 135. The number of nitrogens with zero attached hydrogens (tertiary/aromatic N) is 4. The van der Waals surface area contributed by atoms with Crippen LogP contribution in [0.25, 0.3) is 0 Å². The van der Waals surface area contributed by atoms with E-state index >= 15 is 0 Å². The Morgan fingerprint density at radius 1 is 0.463 bits per heavy atom. The van der Waals surface area contributed by atoms with Gasteiger partial charge in [-0.3, -0.25) is 38.6 Å². The average Bonchev–Trinajstić information content (AvgIpc) is 1.05. The highest BCUT2D eigenvalue weighted by Gasteiger charge is 2.52. The highest BCUT2D eigenvalue weighted by Crippen LogP contribution is 2.39. The molecule has 3 aromatic carbocycles. The monoisotopic (exact) mass is 1550 g/mol. The molecule has 3 aromatic rings. The van der Waals surface area contributed by atoms with Gasteiger partial charge in [-0.2, -0.15) is 23.5 Å². The fourth-order valence-electron chi connectivity index (χ4n) is 14.7. The second-order valence-electron chi connectivity index (χ2n) is 28.3. The first kappa shape index (κ1) is 86.1. The summed E-state index contributed by atoms with van der Waals surface area (Å²) < 4.78 is 28.3. The van der Waals surface area contributed by atoms with Gasteiger partial charge in [-0.15, -0.1) is 0 Å². The summed E-state index contributed by atoms with van der Waals surface area (Å²) in [6.07, 6.45) is 11.7. The predicted octanol–water partition coefficient (Wildman–Crippen LogP) is 7.78. The number of para-hydroxylation sites is 2. The summed E-state index contributed by atoms with van der Waals surface area (Å²) in [7, 11) is 0. The van der Waals surface area contributed by atoms with Crippen LogP contribution in [0, 0.1) is 0 Å². The first-order chi connectivity index (χ1) is 52.6. The first-order valence-corrected chi connectivity index (χ1v) is 41.4. The van der Waals surface area contributed by atoms with Crippen molar-refractivity contribution in [1.82, 2.24) is 52.3 Å². The summed E-state index contributed by atoms with van der Waals surface area (Å²) in [5.74, 6) is 0.415. The minimum absolute atomic E-state index is 0. The van der Waals surface area contributed by atoms with Gasteiger partial charge >= 0.3 is 24.0 Å². The zero-order valence-electron chi connectivity index (χ0n) is 63.6. The number of amides is 10. The van der Waals surface area contributed by atoms with E-state index in [2.05, 4.69) is 71.4 Å². The van der Waals surface area contributed by atoms with E-state index in [1.165, 1.54) is 5.56 Å². The molecule has 0 spiro atoms. The lowest BCUT2D eigenvalue weighted by Gasteiger charge is -2.46. The third-order valence-corrected chi connectivity index (χ3v) is 23.6. The molecule has 0 radical (unpaired) electrons. The van der Waals surface area contributed by atoms with E-state index in [0.29, 0.717) is 165 Å². The number of piperidine rings is 2. The van der Waals surface area contributed by atoms with Crippen LogP contribution in [-0.4, -0.2) is 245 Å². The highest BCUT2D eigenvalue weighted by atomic mass is 32.2. The van der Waals surface area contributed by atoms with Crippen molar-refractivity contribution in [3.8, 4) is 0 Å². The average molecular weight is 1550 g/mol. The summed E-state index contributed by atoms with van der Waals surface area (Å²) in [5, 5.41) is 24.1. The number of ether oxygens (including phenoxy) is 5. The Bertz CT molecular complexity index is 3310. The smallest absolute Gasteiger partial charge is 0.332 e. The van der Waals surface area contributed by atoms with Crippen molar-refractivity contribution in [2.24, 2.45) is 0 Å². The number of unbranched alkanes of at least 4 members (excludes halogenated alkanes) is 2. The van der Waals surface area contributed by atoms with Crippen molar-refractivity contribution in [2.75, 3.05) is 140 Å².